The lowest BCUT2D eigenvalue weighted by atomic mass is 10.0. The lowest BCUT2D eigenvalue weighted by Gasteiger charge is -2.30. The predicted octanol–water partition coefficient (Wildman–Crippen LogP) is 0.0251. The summed E-state index contributed by atoms with van der Waals surface area (Å²) in [5, 5.41) is 3.42. The van der Waals surface area contributed by atoms with Gasteiger partial charge >= 0.3 is 0 Å². The third-order valence-corrected chi connectivity index (χ3v) is 5.79. The van der Waals surface area contributed by atoms with Crippen molar-refractivity contribution >= 4 is 28.2 Å². The molecule has 2 amide bonds. The Morgan fingerprint density at radius 2 is 2.00 bits per heavy atom. The van der Waals surface area contributed by atoms with Crippen LogP contribution in [0.25, 0.3) is 0 Å². The summed E-state index contributed by atoms with van der Waals surface area (Å²) < 4.78 is 5.56. The first kappa shape index (κ1) is 22.2. The van der Waals surface area contributed by atoms with E-state index in [0.717, 1.165) is 35.7 Å². The third-order valence-electron chi connectivity index (χ3n) is 4.66. The van der Waals surface area contributed by atoms with E-state index in [0.29, 0.717) is 16.6 Å². The number of primary amides is 1. The first-order valence-electron chi connectivity index (χ1n) is 9.11. The largest absolute Gasteiger partial charge is 1.00 e. The molecule has 2 heterocycles. The molecule has 152 valence electrons. The van der Waals surface area contributed by atoms with Crippen LogP contribution in [-0.4, -0.2) is 35.9 Å². The fraction of sp³-hybridized carbons (Fsp3) is 0.400. The summed E-state index contributed by atoms with van der Waals surface area (Å²) in [5.41, 5.74) is 7.06. The summed E-state index contributed by atoms with van der Waals surface area (Å²) >= 11 is 1.45. The minimum absolute atomic E-state index is 0. The van der Waals surface area contributed by atoms with Crippen molar-refractivity contribution in [3.63, 3.8) is 0 Å². The topological polar surface area (TPSA) is 84.7 Å². The molecule has 1 aromatic heterocycles. The smallest absolute Gasteiger partial charge is 0.251 e. The Balaban J connectivity index is 0.00000280. The van der Waals surface area contributed by atoms with Gasteiger partial charge in [-0.05, 0) is 38.0 Å². The number of nitrogens with zero attached hydrogens (tertiary/aromatic N) is 1. The number of rotatable bonds is 7. The zero-order valence-corrected chi connectivity index (χ0v) is 17.6. The number of nitrogens with two attached hydrogens (primary N) is 1. The molecule has 0 fully saturated rings. The van der Waals surface area contributed by atoms with Crippen molar-refractivity contribution in [3.8, 4) is 5.75 Å². The molecule has 1 aliphatic heterocycles. The van der Waals surface area contributed by atoms with Gasteiger partial charge in [0.2, 0.25) is 5.91 Å². The van der Waals surface area contributed by atoms with Gasteiger partial charge in [-0.3, -0.25) is 14.5 Å². The Morgan fingerprint density at radius 1 is 1.29 bits per heavy atom. The molecule has 0 bridgehead atoms. The zero-order chi connectivity index (χ0) is 19.4. The number of hydrogen-bond donors (Lipinski definition) is 2. The molecule has 2 aromatic rings. The van der Waals surface area contributed by atoms with E-state index in [1.807, 2.05) is 30.3 Å². The molecule has 0 saturated heterocycles. The number of halogens is 1. The van der Waals surface area contributed by atoms with Crippen LogP contribution in [0.2, 0.25) is 0 Å². The highest BCUT2D eigenvalue weighted by molar-refractivity contribution is 7.17. The summed E-state index contributed by atoms with van der Waals surface area (Å²) in [6.07, 6.45) is 0.975. The molecule has 0 saturated carbocycles. The highest BCUT2D eigenvalue weighted by Crippen LogP contribution is 2.37. The molecule has 8 heteroatoms. The fourth-order valence-electron chi connectivity index (χ4n) is 3.18. The van der Waals surface area contributed by atoms with Gasteiger partial charge in [0.25, 0.3) is 5.91 Å². The number of nitrogens with one attached hydrogen (secondary N) is 1. The minimum Gasteiger partial charge on any atom is -1.00 e. The summed E-state index contributed by atoms with van der Waals surface area (Å²) in [6, 6.07) is 9.79. The van der Waals surface area contributed by atoms with E-state index in [4.69, 9.17) is 10.5 Å². The summed E-state index contributed by atoms with van der Waals surface area (Å²) in [5.74, 6) is 0.0533. The van der Waals surface area contributed by atoms with Gasteiger partial charge in [0.15, 0.2) is 0 Å². The van der Waals surface area contributed by atoms with E-state index in [1.165, 1.54) is 11.3 Å². The molecule has 0 unspecified atom stereocenters. The molecule has 0 spiro atoms. The lowest BCUT2D eigenvalue weighted by molar-refractivity contribution is -0.116. The van der Waals surface area contributed by atoms with Gasteiger partial charge in [-0.15, -0.1) is 11.3 Å². The van der Waals surface area contributed by atoms with Crippen molar-refractivity contribution in [3.05, 3.63) is 46.3 Å². The highest BCUT2D eigenvalue weighted by Gasteiger charge is 2.28. The summed E-state index contributed by atoms with van der Waals surface area (Å²) in [6.45, 7) is 6.25. The van der Waals surface area contributed by atoms with E-state index >= 15 is 0 Å². The molecule has 28 heavy (non-hydrogen) atoms. The van der Waals surface area contributed by atoms with Crippen molar-refractivity contribution in [2.75, 3.05) is 18.5 Å². The van der Waals surface area contributed by atoms with Crippen LogP contribution >= 0.6 is 11.3 Å². The number of anilines is 1. The fourth-order valence-corrected chi connectivity index (χ4v) is 4.47. The number of carbonyl (C=O) groups excluding carboxylic acids is 2. The third kappa shape index (κ3) is 5.25. The highest BCUT2D eigenvalue weighted by atomic mass is 35.5. The maximum atomic E-state index is 12.3. The van der Waals surface area contributed by atoms with Gasteiger partial charge in [-0.25, -0.2) is 0 Å². The van der Waals surface area contributed by atoms with Gasteiger partial charge < -0.3 is 28.2 Å². The average molecular weight is 423 g/mol. The summed E-state index contributed by atoms with van der Waals surface area (Å²) in [4.78, 5) is 27.8. The van der Waals surface area contributed by atoms with Crippen LogP contribution in [0, 0.1) is 0 Å². The van der Waals surface area contributed by atoms with Crippen molar-refractivity contribution in [2.45, 2.75) is 39.3 Å². The van der Waals surface area contributed by atoms with E-state index in [-0.39, 0.29) is 31.3 Å². The number of hydrogen-bond acceptors (Lipinski definition) is 5. The molecular weight excluding hydrogens is 398 g/mol. The Bertz CT molecular complexity index is 824. The zero-order valence-electron chi connectivity index (χ0n) is 16.0. The van der Waals surface area contributed by atoms with Gasteiger partial charge in [-0.2, -0.15) is 0 Å². The van der Waals surface area contributed by atoms with Crippen LogP contribution in [-0.2, 0) is 17.8 Å². The van der Waals surface area contributed by atoms with Gasteiger partial charge in [0.05, 0.1) is 18.6 Å². The molecule has 0 radical (unpaired) electrons. The van der Waals surface area contributed by atoms with E-state index in [2.05, 4.69) is 24.1 Å². The van der Waals surface area contributed by atoms with E-state index in [1.54, 1.807) is 0 Å². The van der Waals surface area contributed by atoms with Crippen LogP contribution in [0.5, 0.6) is 5.75 Å². The number of para-hydroxylation sites is 1. The Kier molecular flexibility index (Phi) is 7.86. The second kappa shape index (κ2) is 9.91. The summed E-state index contributed by atoms with van der Waals surface area (Å²) in [7, 11) is 0. The average Bonchev–Trinajstić information content (AvgIpc) is 2.99. The number of benzene rings is 1. The van der Waals surface area contributed by atoms with Crippen molar-refractivity contribution in [1.82, 2.24) is 4.90 Å². The monoisotopic (exact) mass is 422 g/mol. The maximum Gasteiger partial charge on any atom is 0.251 e. The Morgan fingerprint density at radius 3 is 2.64 bits per heavy atom. The number of amides is 2. The standard InChI is InChI=1S/C20H25N3O3S.ClH/c1-13(2)23-10-8-15-16(12-23)27-20(18(15)19(21)25)22-17(24)9-11-26-14-6-4-3-5-7-14;/h3-7,13H,8-12H2,1-2H3,(H2,21,25)(H,22,24);1H/p-1. The van der Waals surface area contributed by atoms with E-state index in [9.17, 15) is 9.59 Å². The Hall–Kier alpha value is -2.09. The number of fused-ring (bicyclic) bond motifs is 1. The lowest BCUT2D eigenvalue weighted by Crippen LogP contribution is -3.00. The molecule has 3 N–H and O–H groups in total. The van der Waals surface area contributed by atoms with E-state index < -0.39 is 5.91 Å². The van der Waals surface area contributed by atoms with Crippen LogP contribution < -0.4 is 28.2 Å². The second-order valence-corrected chi connectivity index (χ2v) is 7.95. The van der Waals surface area contributed by atoms with Crippen LogP contribution in [0.3, 0.4) is 0 Å². The molecule has 1 aliphatic rings. The van der Waals surface area contributed by atoms with Gasteiger partial charge in [-0.1, -0.05) is 18.2 Å². The first-order chi connectivity index (χ1) is 13.0. The van der Waals surface area contributed by atoms with Crippen LogP contribution in [0.15, 0.2) is 30.3 Å². The second-order valence-electron chi connectivity index (χ2n) is 6.85. The Labute approximate surface area is 175 Å². The van der Waals surface area contributed by atoms with Crippen molar-refractivity contribution in [1.29, 1.82) is 0 Å². The minimum atomic E-state index is -0.485. The number of thiophene rings is 1. The quantitative estimate of drug-likeness (QED) is 0.659. The first-order valence-corrected chi connectivity index (χ1v) is 9.93. The molecule has 1 aromatic carbocycles. The predicted molar refractivity (Wildman–Crippen MR) is 107 cm³/mol. The van der Waals surface area contributed by atoms with Gasteiger partial charge in [0.1, 0.15) is 10.8 Å². The SMILES string of the molecule is CC(C)N1CCc2c(sc(NC(=O)CCOc3ccccc3)c2C(N)=O)C1.[Cl-]. The van der Waals surface area contributed by atoms with Crippen LogP contribution in [0.1, 0.15) is 41.1 Å². The van der Waals surface area contributed by atoms with Crippen LogP contribution in [0.4, 0.5) is 5.00 Å². The number of ether oxygens (including phenoxy) is 1. The molecular formula is C20H25ClN3O3S-. The normalized spacial score (nSPS) is 13.5. The molecule has 0 aliphatic carbocycles. The molecule has 0 atom stereocenters. The van der Waals surface area contributed by atoms with Crippen molar-refractivity contribution in [2.24, 2.45) is 5.73 Å². The maximum absolute atomic E-state index is 12.3. The molecule has 6 nitrogen and oxygen atoms in total. The van der Waals surface area contributed by atoms with Crippen molar-refractivity contribution < 1.29 is 26.7 Å². The number of carbonyl (C=O) groups is 2. The van der Waals surface area contributed by atoms with Gasteiger partial charge in [0, 0.05) is 24.0 Å². The molecule has 3 rings (SSSR count).